The van der Waals surface area contributed by atoms with Gasteiger partial charge in [-0.3, -0.25) is 0 Å². The summed E-state index contributed by atoms with van der Waals surface area (Å²) in [5.41, 5.74) is 4.16. The maximum absolute atomic E-state index is 13.2. The van der Waals surface area contributed by atoms with E-state index in [4.69, 9.17) is 71.6 Å². The van der Waals surface area contributed by atoms with Crippen LogP contribution in [0.4, 0.5) is 0 Å². The van der Waals surface area contributed by atoms with Crippen molar-refractivity contribution in [2.24, 2.45) is 0 Å². The van der Waals surface area contributed by atoms with Gasteiger partial charge in [0.1, 0.15) is 51.7 Å². The van der Waals surface area contributed by atoms with Gasteiger partial charge in [0.15, 0.2) is 0 Å². The predicted molar refractivity (Wildman–Crippen MR) is 448 cm³/mol. The summed E-state index contributed by atoms with van der Waals surface area (Å²) < 4.78 is 97.7. The molecule has 9 rings (SSSR count). The molecule has 27 heteroatoms. The molecule has 624 valence electrons. The van der Waals surface area contributed by atoms with Crippen LogP contribution in [0, 0.1) is 18.3 Å². The fraction of sp³-hybridized carbons (Fsp3) is 0.178. The van der Waals surface area contributed by atoms with Gasteiger partial charge in [0.25, 0.3) is 0 Å². The third-order valence-electron chi connectivity index (χ3n) is 13.8. The zero-order valence-corrected chi connectivity index (χ0v) is 57.5. The van der Waals surface area contributed by atoms with Gasteiger partial charge in [-0.1, -0.05) is 131 Å². The zero-order chi connectivity index (χ0) is 77.1. The lowest BCUT2D eigenvalue weighted by Crippen LogP contribution is -2.11. The highest BCUT2D eigenvalue weighted by Crippen LogP contribution is 2.29. The molecular formula is C90H103NO25S. The standard InChI is InChI=1S/C34H26O12S.C29H24O10.C17H13NO3.10CH4/c1-3-31(35)43-21-41-25-9-5-23(6-10-25)33(37)45-27-13-17-29(18-14-27)47(39,40)30-19-15-28(16-20-30)46-34(38)24-7-11-26(12-8-24)42-22-44-32(36)4-2;1-4-26(30)36-17-34-22-10-6-20(7-11-22)28(32)38-24-14-15-25(19(3)16-24)39-29(33)21-8-12-23(13-9-21)35-18-37-27(31)5-2;1-2-17(19)21-12-20-16-9-7-15(8-10-16)14-5-3-13(11-18)4-6-14;;;;;;;;;;/h3-20H,1-2,21-22H2;4-16H,1-2,17-18H2,3H3;2-10H,1,12H2;10*1H4. The average Bonchev–Trinajstić information content (AvgIpc) is 0.795. The molecule has 0 aliphatic heterocycles. The minimum Gasteiger partial charge on any atom is -0.457 e. The topological polar surface area (TPSA) is 341 Å². The third-order valence-corrected chi connectivity index (χ3v) is 15.6. The predicted octanol–water partition coefficient (Wildman–Crippen LogP) is 19.3. The Morgan fingerprint density at radius 2 is 0.530 bits per heavy atom. The summed E-state index contributed by atoms with van der Waals surface area (Å²) in [4.78, 5) is 105. The fourth-order valence-corrected chi connectivity index (χ4v) is 9.53. The van der Waals surface area contributed by atoms with Gasteiger partial charge >= 0.3 is 53.7 Å². The first-order valence-corrected chi connectivity index (χ1v) is 32.6. The van der Waals surface area contributed by atoms with Crippen LogP contribution in [0.5, 0.6) is 51.7 Å². The molecule has 117 heavy (non-hydrogen) atoms. The highest BCUT2D eigenvalue weighted by molar-refractivity contribution is 7.91. The molecule has 0 radical (unpaired) electrons. The van der Waals surface area contributed by atoms with E-state index in [1.54, 1.807) is 37.3 Å². The number of benzene rings is 9. The van der Waals surface area contributed by atoms with Crippen LogP contribution in [0.25, 0.3) is 11.1 Å². The van der Waals surface area contributed by atoms with Gasteiger partial charge in [-0.2, -0.15) is 5.26 Å². The Balaban J connectivity index is -0.000000830. The highest BCUT2D eigenvalue weighted by Gasteiger charge is 2.21. The number of rotatable bonds is 31. The SMILES string of the molecule is C.C.C.C.C.C.C.C.C.C.C=CC(=O)OCOc1ccc(-c2ccc(C#N)cc2)cc1.C=CC(=O)OCOc1ccc(C(=O)Oc2ccc(OC(=O)c3ccc(OCOC(=O)C=C)cc3)c(C)c2)cc1.C=CC(=O)OCOc1ccc(C(=O)Oc2ccc(S(=O)(=O)c3ccc(OC(=O)c4ccc(OCOC(=O)C=C)cc4)cc3)cc2)cc1. The van der Waals surface area contributed by atoms with Gasteiger partial charge in [-0.15, -0.1) is 0 Å². The molecule has 0 saturated carbocycles. The summed E-state index contributed by atoms with van der Waals surface area (Å²) in [7, 11) is -3.96. The van der Waals surface area contributed by atoms with Crippen molar-refractivity contribution in [1.29, 1.82) is 5.26 Å². The Morgan fingerprint density at radius 3 is 0.778 bits per heavy atom. The molecule has 9 aromatic rings. The Morgan fingerprint density at radius 1 is 0.308 bits per heavy atom. The first-order valence-electron chi connectivity index (χ1n) is 31.2. The van der Waals surface area contributed by atoms with E-state index in [0.717, 1.165) is 41.5 Å². The molecule has 0 aliphatic carbocycles. The van der Waals surface area contributed by atoms with Crippen molar-refractivity contribution in [2.75, 3.05) is 34.0 Å². The second-order valence-corrected chi connectivity index (χ2v) is 22.8. The summed E-state index contributed by atoms with van der Waals surface area (Å²) >= 11 is 0. The minimum atomic E-state index is -3.96. The number of aryl methyl sites for hydroxylation is 1. The lowest BCUT2D eigenvalue weighted by Gasteiger charge is -2.11. The van der Waals surface area contributed by atoms with E-state index in [1.165, 1.54) is 158 Å². The first kappa shape index (κ1) is 109. The van der Waals surface area contributed by atoms with Gasteiger partial charge in [0.2, 0.25) is 43.8 Å². The van der Waals surface area contributed by atoms with Crippen LogP contribution in [-0.2, 0) is 57.5 Å². The molecule has 0 spiro atoms. The molecule has 26 nitrogen and oxygen atoms in total. The van der Waals surface area contributed by atoms with Crippen LogP contribution in [0.15, 0.2) is 285 Å². The number of hydrogen-bond acceptors (Lipinski definition) is 26. The number of ether oxygens (including phenoxy) is 14. The number of carbonyl (C=O) groups is 9. The van der Waals surface area contributed by atoms with Gasteiger partial charge < -0.3 is 66.3 Å². The van der Waals surface area contributed by atoms with Crippen LogP contribution in [-0.4, -0.2) is 96.1 Å². The second kappa shape index (κ2) is 55.7. The number of hydrogen-bond donors (Lipinski definition) is 0. The van der Waals surface area contributed by atoms with Crippen molar-refractivity contribution in [3.8, 4) is 68.9 Å². The molecule has 0 aromatic heterocycles. The molecule has 0 atom stereocenters. The molecule has 0 amide bonds. The normalized spacial score (nSPS) is 9.26. The molecule has 0 N–H and O–H groups in total. The van der Waals surface area contributed by atoms with Gasteiger partial charge in [0.05, 0.1) is 43.7 Å². The van der Waals surface area contributed by atoms with Crippen LogP contribution < -0.4 is 42.6 Å². The summed E-state index contributed by atoms with van der Waals surface area (Å²) in [6, 6.07) is 55.8. The fourth-order valence-electron chi connectivity index (χ4n) is 8.27. The minimum absolute atomic E-state index is 0. The van der Waals surface area contributed by atoms with Gasteiger partial charge in [0, 0.05) is 30.4 Å². The highest BCUT2D eigenvalue weighted by atomic mass is 32.2. The van der Waals surface area contributed by atoms with E-state index in [-0.39, 0.29) is 163 Å². The van der Waals surface area contributed by atoms with E-state index >= 15 is 0 Å². The summed E-state index contributed by atoms with van der Waals surface area (Å²) in [5.74, 6) is -2.76. The monoisotopic (exact) mass is 1630 g/mol. The lowest BCUT2D eigenvalue weighted by molar-refractivity contribution is -0.145. The molecular weight excluding hydrogens is 1530 g/mol. The molecule has 0 bridgehead atoms. The van der Waals surface area contributed by atoms with Crippen molar-refractivity contribution >= 4 is 63.6 Å². The molecule has 0 aliphatic rings. The Bertz CT molecular complexity index is 4690. The largest absolute Gasteiger partial charge is 0.457 e. The Kier molecular flexibility index (Phi) is 51.8. The van der Waals surface area contributed by atoms with Crippen molar-refractivity contribution < 1.29 is 118 Å². The molecule has 0 fully saturated rings. The number of esters is 9. The maximum atomic E-state index is 13.2. The summed E-state index contributed by atoms with van der Waals surface area (Å²) in [6.07, 6.45) is 5.12. The number of nitriles is 1. The third kappa shape index (κ3) is 35.3. The molecule has 0 saturated heterocycles. The number of nitrogens with zero attached hydrogens (tertiary/aromatic N) is 1. The van der Waals surface area contributed by atoms with Crippen LogP contribution in [0.2, 0.25) is 0 Å². The quantitative estimate of drug-likeness (QED) is 0.0128. The molecule has 9 aromatic carbocycles. The molecule has 0 heterocycles. The van der Waals surface area contributed by atoms with E-state index in [0.29, 0.717) is 39.9 Å². The zero-order valence-electron chi connectivity index (χ0n) is 56.7. The first-order chi connectivity index (χ1) is 51.6. The van der Waals surface area contributed by atoms with E-state index in [9.17, 15) is 51.6 Å². The smallest absolute Gasteiger partial charge is 0.343 e. The average molecular weight is 1630 g/mol. The van der Waals surface area contributed by atoms with Crippen LogP contribution >= 0.6 is 0 Å². The van der Waals surface area contributed by atoms with Gasteiger partial charge in [-0.25, -0.2) is 51.6 Å². The van der Waals surface area contributed by atoms with Crippen molar-refractivity contribution in [1.82, 2.24) is 0 Å². The lowest BCUT2D eigenvalue weighted by atomic mass is 10.0. The second-order valence-electron chi connectivity index (χ2n) is 20.9. The van der Waals surface area contributed by atoms with Crippen LogP contribution in [0.1, 0.15) is 127 Å². The molecule has 0 unspecified atom stereocenters. The van der Waals surface area contributed by atoms with E-state index in [1.807, 2.05) is 24.3 Å². The van der Waals surface area contributed by atoms with Crippen molar-refractivity contribution in [3.05, 3.63) is 309 Å². The van der Waals surface area contributed by atoms with Crippen molar-refractivity contribution in [2.45, 2.75) is 91.0 Å². The van der Waals surface area contributed by atoms with E-state index < -0.39 is 63.6 Å². The van der Waals surface area contributed by atoms with Crippen molar-refractivity contribution in [3.63, 3.8) is 0 Å². The summed E-state index contributed by atoms with van der Waals surface area (Å²) in [5, 5.41) is 8.77. The van der Waals surface area contributed by atoms with E-state index in [2.05, 4.69) is 39.0 Å². The Labute approximate surface area is 686 Å². The van der Waals surface area contributed by atoms with Crippen LogP contribution in [0.3, 0.4) is 0 Å². The van der Waals surface area contributed by atoms with Gasteiger partial charge in [-0.05, 0) is 212 Å². The number of carbonyl (C=O) groups excluding carboxylic acids is 9. The summed E-state index contributed by atoms with van der Waals surface area (Å²) in [6.45, 7) is 16.7. The Hall–Kier alpha value is -14.7. The number of sulfone groups is 1. The maximum Gasteiger partial charge on any atom is 0.343 e.